The zero-order valence-corrected chi connectivity index (χ0v) is 12.4. The third-order valence-electron chi connectivity index (χ3n) is 2.73. The highest BCUT2D eigenvalue weighted by atomic mass is 16.5. The Kier molecular flexibility index (Phi) is 5.82. The van der Waals surface area contributed by atoms with E-state index < -0.39 is 0 Å². The fourth-order valence-corrected chi connectivity index (χ4v) is 1.80. The molecule has 1 N–H and O–H groups in total. The molecular formula is C14H27N3O. The average Bonchev–Trinajstić information content (AvgIpc) is 2.76. The summed E-state index contributed by atoms with van der Waals surface area (Å²) >= 11 is 0. The topological polar surface area (TPSA) is 39.1 Å². The van der Waals surface area contributed by atoms with Crippen LogP contribution < -0.4 is 5.32 Å². The van der Waals surface area contributed by atoms with Crippen LogP contribution in [0.4, 0.5) is 0 Å². The Morgan fingerprint density at radius 3 is 2.67 bits per heavy atom. The summed E-state index contributed by atoms with van der Waals surface area (Å²) in [6, 6.07) is 2.29. The maximum atomic E-state index is 5.91. The first-order valence-corrected chi connectivity index (χ1v) is 6.87. The van der Waals surface area contributed by atoms with E-state index in [0.29, 0.717) is 6.61 Å². The normalized spacial score (nSPS) is 13.8. The third-order valence-corrected chi connectivity index (χ3v) is 2.73. The quantitative estimate of drug-likeness (QED) is 0.812. The summed E-state index contributed by atoms with van der Waals surface area (Å²) in [6.45, 7) is 13.1. The van der Waals surface area contributed by atoms with Gasteiger partial charge >= 0.3 is 0 Å². The van der Waals surface area contributed by atoms with Crippen molar-refractivity contribution in [2.45, 2.75) is 59.2 Å². The fourth-order valence-electron chi connectivity index (χ4n) is 1.80. The van der Waals surface area contributed by atoms with E-state index in [1.165, 1.54) is 5.69 Å². The van der Waals surface area contributed by atoms with Gasteiger partial charge in [-0.1, -0.05) is 6.92 Å². The molecule has 0 spiro atoms. The van der Waals surface area contributed by atoms with Crippen LogP contribution in [-0.4, -0.2) is 28.5 Å². The van der Waals surface area contributed by atoms with Gasteiger partial charge in [-0.25, -0.2) is 0 Å². The van der Waals surface area contributed by atoms with Crippen LogP contribution in [0.3, 0.4) is 0 Å². The highest BCUT2D eigenvalue weighted by molar-refractivity contribution is 5.07. The van der Waals surface area contributed by atoms with Crippen molar-refractivity contribution in [2.75, 3.05) is 13.2 Å². The first kappa shape index (κ1) is 15.2. The van der Waals surface area contributed by atoms with Crippen molar-refractivity contribution >= 4 is 0 Å². The summed E-state index contributed by atoms with van der Waals surface area (Å²) in [4.78, 5) is 0. The van der Waals surface area contributed by atoms with Gasteiger partial charge < -0.3 is 10.1 Å². The van der Waals surface area contributed by atoms with Crippen molar-refractivity contribution in [1.29, 1.82) is 0 Å². The summed E-state index contributed by atoms with van der Waals surface area (Å²) in [6.07, 6.45) is 2.98. The van der Waals surface area contributed by atoms with Crippen LogP contribution in [0.1, 0.15) is 52.8 Å². The molecule has 0 amide bonds. The average molecular weight is 253 g/mol. The Morgan fingerprint density at radius 1 is 1.39 bits per heavy atom. The zero-order chi connectivity index (χ0) is 13.6. The third kappa shape index (κ3) is 4.78. The summed E-state index contributed by atoms with van der Waals surface area (Å²) in [5.74, 6) is 0. The van der Waals surface area contributed by atoms with E-state index in [1.54, 1.807) is 0 Å². The van der Waals surface area contributed by atoms with Crippen LogP contribution >= 0.6 is 0 Å². The van der Waals surface area contributed by atoms with Gasteiger partial charge in [0.15, 0.2) is 0 Å². The molecule has 104 valence electrons. The van der Waals surface area contributed by atoms with Crippen molar-refractivity contribution < 1.29 is 4.74 Å². The molecule has 0 radical (unpaired) electrons. The smallest absolute Gasteiger partial charge is 0.0729 e. The Balaban J connectivity index is 2.71. The number of aromatic nitrogens is 2. The van der Waals surface area contributed by atoms with E-state index in [2.05, 4.69) is 51.1 Å². The van der Waals surface area contributed by atoms with Gasteiger partial charge in [-0.3, -0.25) is 4.68 Å². The molecule has 1 heterocycles. The molecule has 1 atom stereocenters. The maximum Gasteiger partial charge on any atom is 0.0729 e. The molecule has 0 bridgehead atoms. The highest BCUT2D eigenvalue weighted by Gasteiger charge is 2.19. The van der Waals surface area contributed by atoms with E-state index in [0.717, 1.165) is 19.5 Å². The SMILES string of the molecule is CCCNC(COC(C)(C)C)c1ccnn1CC. The second-order valence-electron chi connectivity index (χ2n) is 5.50. The molecule has 0 saturated heterocycles. The standard InChI is InChI=1S/C14H27N3O/c1-6-9-15-12(11-18-14(3,4)5)13-8-10-16-17(13)7-2/h8,10,12,15H,6-7,9,11H2,1-5H3. The molecule has 1 aromatic heterocycles. The van der Waals surface area contributed by atoms with Crippen molar-refractivity contribution in [2.24, 2.45) is 0 Å². The molecule has 0 aliphatic heterocycles. The molecule has 4 nitrogen and oxygen atoms in total. The summed E-state index contributed by atoms with van der Waals surface area (Å²) in [5.41, 5.74) is 1.10. The van der Waals surface area contributed by atoms with Gasteiger partial charge in [-0.2, -0.15) is 5.10 Å². The van der Waals surface area contributed by atoms with Crippen LogP contribution in [0.15, 0.2) is 12.3 Å². The lowest BCUT2D eigenvalue weighted by atomic mass is 10.1. The van der Waals surface area contributed by atoms with Crippen molar-refractivity contribution in [3.05, 3.63) is 18.0 Å². The summed E-state index contributed by atoms with van der Waals surface area (Å²) < 4.78 is 7.94. The Hall–Kier alpha value is -0.870. The van der Waals surface area contributed by atoms with Gasteiger partial charge in [0.2, 0.25) is 0 Å². The van der Waals surface area contributed by atoms with Gasteiger partial charge in [0.25, 0.3) is 0 Å². The summed E-state index contributed by atoms with van der Waals surface area (Å²) in [5, 5.41) is 7.86. The molecule has 1 unspecified atom stereocenters. The van der Waals surface area contributed by atoms with Crippen LogP contribution in [0, 0.1) is 0 Å². The van der Waals surface area contributed by atoms with E-state index in [-0.39, 0.29) is 11.6 Å². The number of rotatable bonds is 7. The lowest BCUT2D eigenvalue weighted by Gasteiger charge is -2.25. The lowest BCUT2D eigenvalue weighted by molar-refractivity contribution is -0.0157. The Morgan fingerprint density at radius 2 is 2.11 bits per heavy atom. The molecule has 0 aromatic carbocycles. The molecule has 1 aromatic rings. The fraction of sp³-hybridized carbons (Fsp3) is 0.786. The molecule has 18 heavy (non-hydrogen) atoms. The monoisotopic (exact) mass is 253 g/mol. The molecule has 0 aliphatic rings. The van der Waals surface area contributed by atoms with Gasteiger partial charge in [0.05, 0.1) is 23.9 Å². The number of aryl methyl sites for hydroxylation is 1. The van der Waals surface area contributed by atoms with Crippen molar-refractivity contribution in [1.82, 2.24) is 15.1 Å². The second kappa shape index (κ2) is 6.90. The number of nitrogens with zero attached hydrogens (tertiary/aromatic N) is 2. The minimum atomic E-state index is -0.108. The minimum absolute atomic E-state index is 0.108. The number of hydrogen-bond acceptors (Lipinski definition) is 3. The number of ether oxygens (including phenoxy) is 1. The molecule has 0 aliphatic carbocycles. The molecule has 1 rings (SSSR count). The van der Waals surface area contributed by atoms with Gasteiger partial charge in [0, 0.05) is 12.7 Å². The molecular weight excluding hydrogens is 226 g/mol. The van der Waals surface area contributed by atoms with Crippen molar-refractivity contribution in [3.63, 3.8) is 0 Å². The molecule has 4 heteroatoms. The van der Waals surface area contributed by atoms with E-state index in [4.69, 9.17) is 4.74 Å². The van der Waals surface area contributed by atoms with Gasteiger partial charge in [-0.15, -0.1) is 0 Å². The van der Waals surface area contributed by atoms with Gasteiger partial charge in [0.1, 0.15) is 0 Å². The predicted octanol–water partition coefficient (Wildman–Crippen LogP) is 2.76. The van der Waals surface area contributed by atoms with E-state index >= 15 is 0 Å². The zero-order valence-electron chi connectivity index (χ0n) is 12.4. The van der Waals surface area contributed by atoms with Crippen LogP contribution in [0.2, 0.25) is 0 Å². The van der Waals surface area contributed by atoms with Crippen LogP contribution in [0.25, 0.3) is 0 Å². The largest absolute Gasteiger partial charge is 0.374 e. The van der Waals surface area contributed by atoms with E-state index in [9.17, 15) is 0 Å². The first-order chi connectivity index (χ1) is 8.48. The molecule has 0 saturated carbocycles. The Labute approximate surface area is 111 Å². The van der Waals surface area contributed by atoms with Crippen LogP contribution in [0.5, 0.6) is 0 Å². The molecule has 0 fully saturated rings. The Bertz CT molecular complexity index is 341. The maximum absolute atomic E-state index is 5.91. The number of hydrogen-bond donors (Lipinski definition) is 1. The first-order valence-electron chi connectivity index (χ1n) is 6.87. The highest BCUT2D eigenvalue weighted by Crippen LogP contribution is 2.17. The van der Waals surface area contributed by atoms with E-state index in [1.807, 2.05) is 10.9 Å². The second-order valence-corrected chi connectivity index (χ2v) is 5.50. The predicted molar refractivity (Wildman–Crippen MR) is 74.6 cm³/mol. The van der Waals surface area contributed by atoms with Gasteiger partial charge in [-0.05, 0) is 46.7 Å². The summed E-state index contributed by atoms with van der Waals surface area (Å²) in [7, 11) is 0. The van der Waals surface area contributed by atoms with Crippen LogP contribution in [-0.2, 0) is 11.3 Å². The number of nitrogens with one attached hydrogen (secondary N) is 1. The lowest BCUT2D eigenvalue weighted by Crippen LogP contribution is -2.32. The van der Waals surface area contributed by atoms with Crippen molar-refractivity contribution in [3.8, 4) is 0 Å². The minimum Gasteiger partial charge on any atom is -0.374 e.